The summed E-state index contributed by atoms with van der Waals surface area (Å²) >= 11 is 0. The molecule has 0 aliphatic heterocycles. The van der Waals surface area contributed by atoms with Gasteiger partial charge in [0, 0.05) is 20.0 Å². The number of carbonyl (C=O) groups is 1. The van der Waals surface area contributed by atoms with Crippen molar-refractivity contribution in [3.05, 3.63) is 41.3 Å². The molecule has 0 aliphatic rings. The molecular formula is C17H23N5O3S. The predicted molar refractivity (Wildman–Crippen MR) is 101 cm³/mol. The van der Waals surface area contributed by atoms with Crippen molar-refractivity contribution in [2.45, 2.75) is 32.1 Å². The number of rotatable bonds is 7. The predicted octanol–water partition coefficient (Wildman–Crippen LogP) is 1.75. The Hall–Kier alpha value is -2.52. The Morgan fingerprint density at radius 1 is 1.15 bits per heavy atom. The summed E-state index contributed by atoms with van der Waals surface area (Å²) in [4.78, 5) is 20.2. The second kappa shape index (κ2) is 8.24. The van der Waals surface area contributed by atoms with Gasteiger partial charge in [0.2, 0.25) is 15.9 Å². The lowest BCUT2D eigenvalue weighted by atomic mass is 10.1. The van der Waals surface area contributed by atoms with Crippen LogP contribution in [-0.2, 0) is 14.8 Å². The largest absolute Gasteiger partial charge is 0.371 e. The molecule has 1 amide bonds. The molecular weight excluding hydrogens is 354 g/mol. The summed E-state index contributed by atoms with van der Waals surface area (Å²) in [6.45, 7) is 5.43. The minimum atomic E-state index is -3.69. The van der Waals surface area contributed by atoms with Gasteiger partial charge in [-0.15, -0.1) is 0 Å². The van der Waals surface area contributed by atoms with Crippen LogP contribution in [-0.4, -0.2) is 37.9 Å². The highest BCUT2D eigenvalue weighted by molar-refractivity contribution is 7.89. The fraction of sp³-hybridized carbons (Fsp3) is 0.353. The van der Waals surface area contributed by atoms with Gasteiger partial charge in [-0.2, -0.15) is 0 Å². The molecule has 1 aromatic carbocycles. The van der Waals surface area contributed by atoms with Crippen LogP contribution in [0.25, 0.3) is 0 Å². The Bertz CT molecular complexity index is 889. The second-order valence-corrected chi connectivity index (χ2v) is 7.66. The number of carbonyl (C=O) groups excluding carboxylic acids is 1. The zero-order valence-electron chi connectivity index (χ0n) is 15.3. The Labute approximate surface area is 153 Å². The molecule has 0 aliphatic carbocycles. The first-order chi connectivity index (χ1) is 12.2. The highest BCUT2D eigenvalue weighted by Crippen LogP contribution is 2.21. The van der Waals surface area contributed by atoms with E-state index < -0.39 is 10.0 Å². The number of sulfonamides is 1. The first kappa shape index (κ1) is 19.8. The number of nitrogens with zero attached hydrogens (tertiary/aromatic N) is 2. The summed E-state index contributed by atoms with van der Waals surface area (Å²) in [7, 11) is -2.01. The quantitative estimate of drug-likeness (QED) is 0.677. The van der Waals surface area contributed by atoms with E-state index in [1.54, 1.807) is 20.9 Å². The minimum absolute atomic E-state index is 0.0104. The number of aromatic nitrogens is 2. The van der Waals surface area contributed by atoms with Gasteiger partial charge in [0.25, 0.3) is 0 Å². The third-order valence-electron chi connectivity index (χ3n) is 3.74. The van der Waals surface area contributed by atoms with Gasteiger partial charge in [0.05, 0.1) is 11.1 Å². The molecule has 9 heteroatoms. The van der Waals surface area contributed by atoms with Gasteiger partial charge in [0.1, 0.15) is 12.0 Å². The van der Waals surface area contributed by atoms with Crippen LogP contribution in [0, 0.1) is 20.8 Å². The van der Waals surface area contributed by atoms with Crippen molar-refractivity contribution in [2.75, 3.05) is 24.2 Å². The van der Waals surface area contributed by atoms with Crippen molar-refractivity contribution in [1.82, 2.24) is 14.7 Å². The van der Waals surface area contributed by atoms with E-state index in [-0.39, 0.29) is 23.8 Å². The molecule has 0 bridgehead atoms. The minimum Gasteiger partial charge on any atom is -0.371 e. The maximum atomic E-state index is 12.6. The van der Waals surface area contributed by atoms with Gasteiger partial charge >= 0.3 is 0 Å². The molecule has 0 fully saturated rings. The van der Waals surface area contributed by atoms with Crippen LogP contribution in [0.5, 0.6) is 0 Å². The average molecular weight is 377 g/mol. The van der Waals surface area contributed by atoms with Crippen molar-refractivity contribution in [3.63, 3.8) is 0 Å². The number of nitrogens with one attached hydrogen (secondary N) is 3. The monoisotopic (exact) mass is 377 g/mol. The lowest BCUT2D eigenvalue weighted by Gasteiger charge is -2.13. The first-order valence-corrected chi connectivity index (χ1v) is 9.58. The highest BCUT2D eigenvalue weighted by atomic mass is 32.2. The number of amides is 1. The van der Waals surface area contributed by atoms with Gasteiger partial charge in [0.15, 0.2) is 5.82 Å². The van der Waals surface area contributed by atoms with Crippen molar-refractivity contribution < 1.29 is 13.2 Å². The van der Waals surface area contributed by atoms with Crippen molar-refractivity contribution in [1.29, 1.82) is 0 Å². The number of anilines is 2. The number of aryl methyl sites for hydroxylation is 3. The van der Waals surface area contributed by atoms with E-state index in [9.17, 15) is 13.2 Å². The maximum Gasteiger partial charge on any atom is 0.241 e. The van der Waals surface area contributed by atoms with Crippen LogP contribution in [0.4, 0.5) is 11.5 Å². The highest BCUT2D eigenvalue weighted by Gasteiger charge is 2.20. The van der Waals surface area contributed by atoms with Crippen molar-refractivity contribution in [2.24, 2.45) is 0 Å². The van der Waals surface area contributed by atoms with E-state index in [0.29, 0.717) is 22.6 Å². The third-order valence-corrected chi connectivity index (χ3v) is 5.51. The smallest absolute Gasteiger partial charge is 0.241 e. The van der Waals surface area contributed by atoms with E-state index in [0.717, 1.165) is 5.56 Å². The van der Waals surface area contributed by atoms with E-state index in [1.807, 2.05) is 19.1 Å². The Morgan fingerprint density at radius 2 is 1.81 bits per heavy atom. The van der Waals surface area contributed by atoms with Crippen LogP contribution >= 0.6 is 0 Å². The summed E-state index contributed by atoms with van der Waals surface area (Å²) in [5.74, 6) is 0.149. The summed E-state index contributed by atoms with van der Waals surface area (Å²) in [5, 5.41) is 5.50. The van der Waals surface area contributed by atoms with Crippen LogP contribution in [0.15, 0.2) is 29.6 Å². The molecule has 0 unspecified atom stereocenters. The average Bonchev–Trinajstić information content (AvgIpc) is 2.53. The third kappa shape index (κ3) is 4.77. The fourth-order valence-electron chi connectivity index (χ4n) is 2.79. The molecule has 3 N–H and O–H groups in total. The fourth-order valence-corrected chi connectivity index (χ4v) is 4.28. The standard InChI is InChI=1S/C17H23N5O3S/c1-11-7-12(2)16(13(3)8-11)26(24,25)21-6-5-15(23)22-14-9-19-10-20-17(14)18-4/h7-10,21H,5-6H2,1-4H3,(H,22,23)(H,18,19,20). The molecule has 8 nitrogen and oxygen atoms in total. The van der Waals surface area contributed by atoms with Crippen LogP contribution in [0.3, 0.4) is 0 Å². The number of hydrogen-bond acceptors (Lipinski definition) is 6. The van der Waals surface area contributed by atoms with Crippen LogP contribution in [0.1, 0.15) is 23.1 Å². The van der Waals surface area contributed by atoms with Gasteiger partial charge in [-0.3, -0.25) is 4.79 Å². The summed E-state index contributed by atoms with van der Waals surface area (Å²) in [6.07, 6.45) is 2.82. The zero-order valence-corrected chi connectivity index (χ0v) is 16.1. The molecule has 0 atom stereocenters. The van der Waals surface area contributed by atoms with E-state index in [4.69, 9.17) is 0 Å². The van der Waals surface area contributed by atoms with Crippen LogP contribution < -0.4 is 15.4 Å². The summed E-state index contributed by atoms with van der Waals surface area (Å²) in [6, 6.07) is 3.64. The van der Waals surface area contributed by atoms with Crippen molar-refractivity contribution in [3.8, 4) is 0 Å². The Balaban J connectivity index is 1.99. The first-order valence-electron chi connectivity index (χ1n) is 8.09. The van der Waals surface area contributed by atoms with E-state index in [1.165, 1.54) is 12.5 Å². The zero-order chi connectivity index (χ0) is 19.3. The molecule has 26 heavy (non-hydrogen) atoms. The van der Waals surface area contributed by atoms with Gasteiger partial charge in [-0.25, -0.2) is 23.1 Å². The molecule has 140 valence electrons. The molecule has 2 aromatic rings. The molecule has 0 saturated heterocycles. The Kier molecular flexibility index (Phi) is 6.27. The summed E-state index contributed by atoms with van der Waals surface area (Å²) < 4.78 is 27.6. The van der Waals surface area contributed by atoms with E-state index in [2.05, 4.69) is 25.3 Å². The molecule has 2 rings (SSSR count). The number of hydrogen-bond donors (Lipinski definition) is 3. The number of benzene rings is 1. The second-order valence-electron chi connectivity index (χ2n) is 5.96. The van der Waals surface area contributed by atoms with E-state index >= 15 is 0 Å². The van der Waals surface area contributed by atoms with Gasteiger partial charge < -0.3 is 10.6 Å². The Morgan fingerprint density at radius 3 is 2.42 bits per heavy atom. The topological polar surface area (TPSA) is 113 Å². The van der Waals surface area contributed by atoms with Gasteiger partial charge in [-0.1, -0.05) is 17.7 Å². The summed E-state index contributed by atoms with van der Waals surface area (Å²) in [5.41, 5.74) is 2.80. The van der Waals surface area contributed by atoms with Crippen molar-refractivity contribution >= 4 is 27.4 Å². The van der Waals surface area contributed by atoms with Crippen LogP contribution in [0.2, 0.25) is 0 Å². The lowest BCUT2D eigenvalue weighted by molar-refractivity contribution is -0.116. The molecule has 0 radical (unpaired) electrons. The SMILES string of the molecule is CNc1ncncc1NC(=O)CCNS(=O)(=O)c1c(C)cc(C)cc1C. The molecule has 1 heterocycles. The normalized spacial score (nSPS) is 11.2. The molecule has 0 spiro atoms. The molecule has 1 aromatic heterocycles. The molecule has 0 saturated carbocycles. The van der Waals surface area contributed by atoms with Gasteiger partial charge in [-0.05, 0) is 31.9 Å². The lowest BCUT2D eigenvalue weighted by Crippen LogP contribution is -2.29. The maximum absolute atomic E-state index is 12.6.